The highest BCUT2D eigenvalue weighted by Gasteiger charge is 2.26. The van der Waals surface area contributed by atoms with Crippen LogP contribution in [-0.4, -0.2) is 48.4 Å². The van der Waals surface area contributed by atoms with Crippen LogP contribution in [0.3, 0.4) is 0 Å². The monoisotopic (exact) mass is 359 g/mol. The molecule has 7 heteroatoms. The van der Waals surface area contributed by atoms with Crippen LogP contribution in [0.4, 0.5) is 5.69 Å². The predicted octanol–water partition coefficient (Wildman–Crippen LogP) is 1.24. The third-order valence-electron chi connectivity index (χ3n) is 4.31. The number of nitrogens with one attached hydrogen (secondary N) is 1. The zero-order chi connectivity index (χ0) is 18.9. The molecule has 3 N–H and O–H groups in total. The van der Waals surface area contributed by atoms with Gasteiger partial charge in [-0.05, 0) is 43.0 Å². The Balaban J connectivity index is 1.92. The molecule has 0 unspecified atom stereocenters. The van der Waals surface area contributed by atoms with E-state index < -0.39 is 5.91 Å². The second-order valence-corrected chi connectivity index (χ2v) is 6.22. The van der Waals surface area contributed by atoms with Gasteiger partial charge in [0.25, 0.3) is 0 Å². The average Bonchev–Trinajstić information content (AvgIpc) is 2.65. The molecule has 0 bridgehead atoms. The van der Waals surface area contributed by atoms with E-state index in [2.05, 4.69) is 11.9 Å². The van der Waals surface area contributed by atoms with Crippen molar-refractivity contribution in [2.24, 2.45) is 5.73 Å². The van der Waals surface area contributed by atoms with Gasteiger partial charge in [0.05, 0.1) is 6.54 Å². The van der Waals surface area contributed by atoms with Crippen LogP contribution in [-0.2, 0) is 25.5 Å². The van der Waals surface area contributed by atoms with Gasteiger partial charge in [0, 0.05) is 31.4 Å². The normalized spacial score (nSPS) is 14.5. The molecule has 3 amide bonds. The van der Waals surface area contributed by atoms with E-state index >= 15 is 0 Å². The number of carbonyl (C=O) groups is 3. The molecule has 7 nitrogen and oxygen atoms in total. The number of ether oxygens (including phenoxy) is 1. The quantitative estimate of drug-likeness (QED) is 0.682. The van der Waals surface area contributed by atoms with Crippen LogP contribution in [0.1, 0.15) is 24.8 Å². The first kappa shape index (κ1) is 19.7. The fourth-order valence-corrected chi connectivity index (χ4v) is 2.93. The second kappa shape index (κ2) is 9.72. The minimum atomic E-state index is -0.507. The number of rotatable bonds is 8. The zero-order valence-electron chi connectivity index (χ0n) is 14.8. The average molecular weight is 359 g/mol. The van der Waals surface area contributed by atoms with E-state index in [1.54, 1.807) is 17.0 Å². The summed E-state index contributed by atoms with van der Waals surface area (Å²) < 4.78 is 5.32. The third-order valence-corrected chi connectivity index (χ3v) is 4.31. The van der Waals surface area contributed by atoms with E-state index in [1.165, 1.54) is 6.08 Å². The fraction of sp³-hybridized carbons (Fsp3) is 0.421. The first-order valence-electron chi connectivity index (χ1n) is 8.67. The lowest BCUT2D eigenvalue weighted by Crippen LogP contribution is -2.47. The van der Waals surface area contributed by atoms with Gasteiger partial charge < -0.3 is 20.7 Å². The summed E-state index contributed by atoms with van der Waals surface area (Å²) in [6.07, 6.45) is 3.49. The number of amides is 3. The molecule has 1 saturated heterocycles. The number of hydrogen-bond donors (Lipinski definition) is 2. The molecule has 1 heterocycles. The highest BCUT2D eigenvalue weighted by Crippen LogP contribution is 2.17. The first-order valence-corrected chi connectivity index (χ1v) is 8.67. The Morgan fingerprint density at radius 1 is 1.23 bits per heavy atom. The van der Waals surface area contributed by atoms with E-state index in [0.717, 1.165) is 18.4 Å². The van der Waals surface area contributed by atoms with Crippen molar-refractivity contribution in [3.63, 3.8) is 0 Å². The number of benzene rings is 1. The Kier molecular flexibility index (Phi) is 7.35. The van der Waals surface area contributed by atoms with E-state index in [1.807, 2.05) is 12.1 Å². The summed E-state index contributed by atoms with van der Waals surface area (Å²) in [5.74, 6) is -0.863. The van der Waals surface area contributed by atoms with Crippen molar-refractivity contribution in [1.29, 1.82) is 0 Å². The number of nitrogens with two attached hydrogens (primary N) is 1. The molecule has 1 aliphatic heterocycles. The highest BCUT2D eigenvalue weighted by molar-refractivity contribution is 5.98. The third kappa shape index (κ3) is 6.00. The number of aryl methyl sites for hydroxylation is 1. The molecule has 0 aliphatic carbocycles. The standard InChI is InChI=1S/C19H25N3O4/c1-2-18(24)21-15-6-3-14(4-7-15)5-8-19(25)22(13-17(20)23)16-9-11-26-12-10-16/h2-4,6-7,16H,1,5,8-13H2,(H2,20,23)(H,21,24). The van der Waals surface area contributed by atoms with Crippen molar-refractivity contribution in [3.05, 3.63) is 42.5 Å². The van der Waals surface area contributed by atoms with Crippen LogP contribution < -0.4 is 11.1 Å². The fourth-order valence-electron chi connectivity index (χ4n) is 2.93. The summed E-state index contributed by atoms with van der Waals surface area (Å²) in [4.78, 5) is 36.8. The molecule has 1 aromatic carbocycles. The van der Waals surface area contributed by atoms with Crippen LogP contribution in [0.5, 0.6) is 0 Å². The van der Waals surface area contributed by atoms with Crippen molar-refractivity contribution < 1.29 is 19.1 Å². The largest absolute Gasteiger partial charge is 0.381 e. The molecular weight excluding hydrogens is 334 g/mol. The SMILES string of the molecule is C=CC(=O)Nc1ccc(CCC(=O)N(CC(N)=O)C2CCOCC2)cc1. The van der Waals surface area contributed by atoms with E-state index in [0.29, 0.717) is 31.7 Å². The van der Waals surface area contributed by atoms with E-state index in [4.69, 9.17) is 10.5 Å². The maximum atomic E-state index is 12.6. The van der Waals surface area contributed by atoms with Gasteiger partial charge in [-0.25, -0.2) is 0 Å². The van der Waals surface area contributed by atoms with Crippen molar-refractivity contribution in [3.8, 4) is 0 Å². The Bertz CT molecular complexity index is 651. The first-order chi connectivity index (χ1) is 12.5. The van der Waals surface area contributed by atoms with Gasteiger partial charge >= 0.3 is 0 Å². The van der Waals surface area contributed by atoms with Gasteiger partial charge in [-0.1, -0.05) is 18.7 Å². The van der Waals surface area contributed by atoms with Crippen LogP contribution >= 0.6 is 0 Å². The zero-order valence-corrected chi connectivity index (χ0v) is 14.8. The molecule has 0 saturated carbocycles. The molecule has 1 aromatic rings. The molecule has 0 aromatic heterocycles. The lowest BCUT2D eigenvalue weighted by Gasteiger charge is -2.33. The van der Waals surface area contributed by atoms with Gasteiger partial charge in [0.15, 0.2) is 0 Å². The van der Waals surface area contributed by atoms with Gasteiger partial charge in [-0.2, -0.15) is 0 Å². The predicted molar refractivity (Wildman–Crippen MR) is 98.3 cm³/mol. The molecule has 0 atom stereocenters. The van der Waals surface area contributed by atoms with Crippen molar-refractivity contribution in [1.82, 2.24) is 4.90 Å². The van der Waals surface area contributed by atoms with Crippen LogP contribution in [0.2, 0.25) is 0 Å². The minimum Gasteiger partial charge on any atom is -0.381 e. The van der Waals surface area contributed by atoms with Crippen LogP contribution in [0.25, 0.3) is 0 Å². The van der Waals surface area contributed by atoms with E-state index in [9.17, 15) is 14.4 Å². The maximum absolute atomic E-state index is 12.6. The van der Waals surface area contributed by atoms with E-state index in [-0.39, 0.29) is 24.4 Å². The highest BCUT2D eigenvalue weighted by atomic mass is 16.5. The summed E-state index contributed by atoms with van der Waals surface area (Å²) >= 11 is 0. The maximum Gasteiger partial charge on any atom is 0.247 e. The van der Waals surface area contributed by atoms with Gasteiger partial charge in [-0.15, -0.1) is 0 Å². The Labute approximate surface area is 153 Å². The number of hydrogen-bond acceptors (Lipinski definition) is 4. The van der Waals surface area contributed by atoms with Gasteiger partial charge in [0.1, 0.15) is 0 Å². The van der Waals surface area contributed by atoms with Crippen molar-refractivity contribution >= 4 is 23.4 Å². The molecule has 26 heavy (non-hydrogen) atoms. The summed E-state index contributed by atoms with van der Waals surface area (Å²) in [6, 6.07) is 7.28. The summed E-state index contributed by atoms with van der Waals surface area (Å²) in [7, 11) is 0. The van der Waals surface area contributed by atoms with Crippen molar-refractivity contribution in [2.45, 2.75) is 31.7 Å². The van der Waals surface area contributed by atoms with Crippen LogP contribution in [0.15, 0.2) is 36.9 Å². The molecule has 2 rings (SSSR count). The Morgan fingerprint density at radius 2 is 1.88 bits per heavy atom. The second-order valence-electron chi connectivity index (χ2n) is 6.22. The number of primary amides is 1. The lowest BCUT2D eigenvalue weighted by molar-refractivity contribution is -0.139. The van der Waals surface area contributed by atoms with Gasteiger partial charge in [-0.3, -0.25) is 14.4 Å². The topological polar surface area (TPSA) is 102 Å². The smallest absolute Gasteiger partial charge is 0.247 e. The van der Waals surface area contributed by atoms with Gasteiger partial charge in [0.2, 0.25) is 17.7 Å². The Hall–Kier alpha value is -2.67. The number of nitrogens with zero attached hydrogens (tertiary/aromatic N) is 1. The van der Waals surface area contributed by atoms with Crippen molar-refractivity contribution in [2.75, 3.05) is 25.1 Å². The lowest BCUT2D eigenvalue weighted by atomic mass is 10.0. The summed E-state index contributed by atoms with van der Waals surface area (Å²) in [5.41, 5.74) is 6.95. The minimum absolute atomic E-state index is 0.000224. The molecular formula is C19H25N3O4. The molecule has 0 radical (unpaired) electrons. The Morgan fingerprint density at radius 3 is 2.46 bits per heavy atom. The molecule has 1 fully saturated rings. The molecule has 0 spiro atoms. The number of anilines is 1. The molecule has 140 valence electrons. The number of carbonyl (C=O) groups excluding carboxylic acids is 3. The summed E-state index contributed by atoms with van der Waals surface area (Å²) in [5, 5.41) is 2.67. The molecule has 1 aliphatic rings. The summed E-state index contributed by atoms with van der Waals surface area (Å²) in [6.45, 7) is 4.52. The van der Waals surface area contributed by atoms with Crippen LogP contribution in [0, 0.1) is 0 Å².